The molecule has 0 aliphatic rings. The van der Waals surface area contributed by atoms with Gasteiger partial charge in [0.25, 0.3) is 0 Å². The molecule has 0 saturated carbocycles. The van der Waals surface area contributed by atoms with E-state index in [2.05, 4.69) is 52.4 Å². The molecule has 1 atom stereocenters. The molecule has 2 rings (SSSR count). The predicted octanol–water partition coefficient (Wildman–Crippen LogP) is 4.60. The van der Waals surface area contributed by atoms with E-state index in [0.717, 1.165) is 17.7 Å². The molecule has 1 N–H and O–H groups in total. The maximum atomic E-state index is 13.7. The molecule has 2 aromatic carbocycles. The summed E-state index contributed by atoms with van der Waals surface area (Å²) >= 11 is 3.35. The van der Waals surface area contributed by atoms with Crippen molar-refractivity contribution >= 4 is 15.9 Å². The fraction of sp³-hybridized carbons (Fsp3) is 0.250. The summed E-state index contributed by atoms with van der Waals surface area (Å²) in [6.45, 7) is 4.93. The normalized spacial score (nSPS) is 12.4. The number of rotatable bonds is 4. The fourth-order valence-electron chi connectivity index (χ4n) is 2.11. The first-order valence-corrected chi connectivity index (χ1v) is 7.16. The van der Waals surface area contributed by atoms with Crippen LogP contribution >= 0.6 is 15.9 Å². The number of hydrogen-bond acceptors (Lipinski definition) is 1. The van der Waals surface area contributed by atoms with Crippen molar-refractivity contribution in [1.29, 1.82) is 0 Å². The van der Waals surface area contributed by atoms with Crippen molar-refractivity contribution in [3.63, 3.8) is 0 Å². The Hall–Kier alpha value is -1.19. The number of benzene rings is 2. The average molecular weight is 322 g/mol. The minimum atomic E-state index is -0.229. The number of halogens is 2. The Kier molecular flexibility index (Phi) is 4.72. The maximum Gasteiger partial charge on any atom is 0.137 e. The smallest absolute Gasteiger partial charge is 0.137 e. The topological polar surface area (TPSA) is 12.0 Å². The third-order valence-corrected chi connectivity index (χ3v) is 3.95. The van der Waals surface area contributed by atoms with Gasteiger partial charge < -0.3 is 5.32 Å². The first kappa shape index (κ1) is 14.2. The zero-order chi connectivity index (χ0) is 13.8. The van der Waals surface area contributed by atoms with Gasteiger partial charge >= 0.3 is 0 Å². The Morgan fingerprint density at radius 3 is 2.47 bits per heavy atom. The van der Waals surface area contributed by atoms with Crippen LogP contribution in [0.5, 0.6) is 0 Å². The Bertz CT molecular complexity index is 551. The Morgan fingerprint density at radius 2 is 1.84 bits per heavy atom. The van der Waals surface area contributed by atoms with Gasteiger partial charge in [0.15, 0.2) is 0 Å². The van der Waals surface area contributed by atoms with Crippen molar-refractivity contribution in [2.24, 2.45) is 0 Å². The molecular formula is C16H17BrFN. The van der Waals surface area contributed by atoms with Gasteiger partial charge in [-0.1, -0.05) is 48.9 Å². The van der Waals surface area contributed by atoms with Gasteiger partial charge in [0.2, 0.25) is 0 Å². The van der Waals surface area contributed by atoms with Gasteiger partial charge in [-0.05, 0) is 46.6 Å². The molecule has 0 aliphatic carbocycles. The summed E-state index contributed by atoms with van der Waals surface area (Å²) in [6.07, 6.45) is 0. The SMILES string of the molecule is CCNC(c1ccc(C)cc1)c1cccc(F)c1Br. The van der Waals surface area contributed by atoms with Crippen LogP contribution in [0, 0.1) is 12.7 Å². The van der Waals surface area contributed by atoms with E-state index in [4.69, 9.17) is 0 Å². The summed E-state index contributed by atoms with van der Waals surface area (Å²) in [4.78, 5) is 0. The van der Waals surface area contributed by atoms with Crippen molar-refractivity contribution in [2.45, 2.75) is 19.9 Å². The summed E-state index contributed by atoms with van der Waals surface area (Å²) in [7, 11) is 0. The van der Waals surface area contributed by atoms with Crippen LogP contribution in [-0.4, -0.2) is 6.54 Å². The van der Waals surface area contributed by atoms with Crippen molar-refractivity contribution in [3.8, 4) is 0 Å². The minimum absolute atomic E-state index is 0.00400. The monoisotopic (exact) mass is 321 g/mol. The van der Waals surface area contributed by atoms with E-state index in [-0.39, 0.29) is 11.9 Å². The van der Waals surface area contributed by atoms with Crippen LogP contribution < -0.4 is 5.32 Å². The summed E-state index contributed by atoms with van der Waals surface area (Å²) in [5.74, 6) is -0.229. The molecule has 3 heteroatoms. The third kappa shape index (κ3) is 3.23. The quantitative estimate of drug-likeness (QED) is 0.868. The lowest BCUT2D eigenvalue weighted by molar-refractivity contribution is 0.595. The van der Waals surface area contributed by atoms with Crippen LogP contribution in [0.1, 0.15) is 29.7 Å². The number of aryl methyl sites for hydroxylation is 1. The highest BCUT2D eigenvalue weighted by atomic mass is 79.9. The van der Waals surface area contributed by atoms with Gasteiger partial charge in [-0.3, -0.25) is 0 Å². The highest BCUT2D eigenvalue weighted by molar-refractivity contribution is 9.10. The second kappa shape index (κ2) is 6.31. The highest BCUT2D eigenvalue weighted by Crippen LogP contribution is 2.30. The Labute approximate surface area is 122 Å². The average Bonchev–Trinajstić information content (AvgIpc) is 2.41. The summed E-state index contributed by atoms with van der Waals surface area (Å²) in [6, 6.07) is 13.5. The van der Waals surface area contributed by atoms with Crippen LogP contribution in [0.15, 0.2) is 46.9 Å². The Morgan fingerprint density at radius 1 is 1.16 bits per heavy atom. The number of hydrogen-bond donors (Lipinski definition) is 1. The van der Waals surface area contributed by atoms with Gasteiger partial charge in [-0.25, -0.2) is 4.39 Å². The molecule has 2 aromatic rings. The lowest BCUT2D eigenvalue weighted by Gasteiger charge is -2.20. The first-order valence-electron chi connectivity index (χ1n) is 6.37. The van der Waals surface area contributed by atoms with Crippen LogP contribution in [-0.2, 0) is 0 Å². The minimum Gasteiger partial charge on any atom is -0.306 e. The number of nitrogens with one attached hydrogen (secondary N) is 1. The summed E-state index contributed by atoms with van der Waals surface area (Å²) in [5, 5.41) is 3.41. The molecule has 0 spiro atoms. The van der Waals surface area contributed by atoms with Gasteiger partial charge in [0.05, 0.1) is 10.5 Å². The van der Waals surface area contributed by atoms with Crippen molar-refractivity contribution in [1.82, 2.24) is 5.32 Å². The van der Waals surface area contributed by atoms with Gasteiger partial charge in [-0.2, -0.15) is 0 Å². The molecule has 0 aromatic heterocycles. The third-order valence-electron chi connectivity index (χ3n) is 3.11. The largest absolute Gasteiger partial charge is 0.306 e. The van der Waals surface area contributed by atoms with E-state index in [1.54, 1.807) is 6.07 Å². The maximum absolute atomic E-state index is 13.7. The van der Waals surface area contributed by atoms with Crippen molar-refractivity contribution in [2.75, 3.05) is 6.54 Å². The van der Waals surface area contributed by atoms with E-state index in [9.17, 15) is 4.39 Å². The molecule has 0 aliphatic heterocycles. The summed E-state index contributed by atoms with van der Waals surface area (Å²) < 4.78 is 14.2. The molecule has 1 nitrogen and oxygen atoms in total. The van der Waals surface area contributed by atoms with E-state index in [1.165, 1.54) is 11.6 Å². The van der Waals surface area contributed by atoms with Crippen LogP contribution in [0.3, 0.4) is 0 Å². The zero-order valence-corrected chi connectivity index (χ0v) is 12.7. The van der Waals surface area contributed by atoms with Crippen LogP contribution in [0.25, 0.3) is 0 Å². The van der Waals surface area contributed by atoms with Gasteiger partial charge in [0.1, 0.15) is 5.82 Å². The Balaban J connectivity index is 2.45. The molecular weight excluding hydrogens is 305 g/mol. The second-order valence-corrected chi connectivity index (χ2v) is 5.34. The molecule has 0 heterocycles. The lowest BCUT2D eigenvalue weighted by atomic mass is 9.97. The van der Waals surface area contributed by atoms with Gasteiger partial charge in [0, 0.05) is 0 Å². The molecule has 1 unspecified atom stereocenters. The van der Waals surface area contributed by atoms with E-state index in [0.29, 0.717) is 4.47 Å². The zero-order valence-electron chi connectivity index (χ0n) is 11.1. The second-order valence-electron chi connectivity index (χ2n) is 4.54. The molecule has 100 valence electrons. The summed E-state index contributed by atoms with van der Waals surface area (Å²) in [5.41, 5.74) is 3.28. The van der Waals surface area contributed by atoms with E-state index in [1.807, 2.05) is 13.0 Å². The molecule has 19 heavy (non-hydrogen) atoms. The van der Waals surface area contributed by atoms with Gasteiger partial charge in [-0.15, -0.1) is 0 Å². The molecule has 0 saturated heterocycles. The van der Waals surface area contributed by atoms with E-state index < -0.39 is 0 Å². The lowest BCUT2D eigenvalue weighted by Crippen LogP contribution is -2.22. The van der Waals surface area contributed by atoms with Crippen molar-refractivity contribution < 1.29 is 4.39 Å². The first-order chi connectivity index (χ1) is 9.13. The van der Waals surface area contributed by atoms with Crippen LogP contribution in [0.4, 0.5) is 4.39 Å². The van der Waals surface area contributed by atoms with Crippen LogP contribution in [0.2, 0.25) is 0 Å². The molecule has 0 fully saturated rings. The highest BCUT2D eigenvalue weighted by Gasteiger charge is 2.17. The van der Waals surface area contributed by atoms with E-state index >= 15 is 0 Å². The molecule has 0 radical (unpaired) electrons. The molecule has 0 bridgehead atoms. The molecule has 0 amide bonds. The predicted molar refractivity (Wildman–Crippen MR) is 80.8 cm³/mol. The fourth-order valence-corrected chi connectivity index (χ4v) is 2.61. The van der Waals surface area contributed by atoms with Crippen molar-refractivity contribution in [3.05, 3.63) is 69.4 Å². The standard InChI is InChI=1S/C16H17BrFN/c1-3-19-16(12-9-7-11(2)8-10-12)13-5-4-6-14(18)15(13)17/h4-10,16,19H,3H2,1-2H3.